The number of aromatic nitrogens is 2. The van der Waals surface area contributed by atoms with Gasteiger partial charge in [-0.2, -0.15) is 11.8 Å². The molecule has 0 bridgehead atoms. The first kappa shape index (κ1) is 12.0. The fraction of sp³-hybridized carbons (Fsp3) is 0.556. The first-order chi connectivity index (χ1) is 6.83. The summed E-state index contributed by atoms with van der Waals surface area (Å²) in [6.07, 6.45) is 8.19. The van der Waals surface area contributed by atoms with E-state index in [1.54, 1.807) is 0 Å². The molecular weight excluding hydrogens is 309 g/mol. The monoisotopic (exact) mass is 323 g/mol. The summed E-state index contributed by atoms with van der Waals surface area (Å²) < 4.78 is 1.07. The van der Waals surface area contributed by atoms with Crippen LogP contribution in [-0.4, -0.2) is 28.5 Å². The number of nitrogens with one attached hydrogen (secondary N) is 1. The third-order valence-electron chi connectivity index (χ3n) is 1.68. The molecule has 1 aromatic heterocycles. The third kappa shape index (κ3) is 4.99. The van der Waals surface area contributed by atoms with Crippen molar-refractivity contribution in [3.63, 3.8) is 0 Å². The standard InChI is InChI=1S/C9H14IN3S/c1-14-5-3-2-4-11-9-12-6-8(10)7-13-9/h6-7H,2-5H2,1H3,(H,11,12,13). The van der Waals surface area contributed by atoms with Crippen LogP contribution in [0.2, 0.25) is 0 Å². The van der Waals surface area contributed by atoms with E-state index >= 15 is 0 Å². The van der Waals surface area contributed by atoms with Crippen LogP contribution in [0.25, 0.3) is 0 Å². The molecule has 0 radical (unpaired) electrons. The maximum absolute atomic E-state index is 4.16. The number of hydrogen-bond acceptors (Lipinski definition) is 4. The summed E-state index contributed by atoms with van der Waals surface area (Å²) in [4.78, 5) is 8.32. The second-order valence-electron chi connectivity index (χ2n) is 2.85. The number of unbranched alkanes of at least 4 members (excludes halogenated alkanes) is 1. The summed E-state index contributed by atoms with van der Waals surface area (Å²) in [6.45, 7) is 0.959. The minimum absolute atomic E-state index is 0.731. The quantitative estimate of drug-likeness (QED) is 0.645. The molecule has 0 saturated heterocycles. The number of hydrogen-bond donors (Lipinski definition) is 1. The van der Waals surface area contributed by atoms with Crippen LogP contribution in [0, 0.1) is 3.57 Å². The minimum atomic E-state index is 0.731. The second kappa shape index (κ2) is 7.28. The normalized spacial score (nSPS) is 10.1. The molecule has 0 fully saturated rings. The fourth-order valence-electron chi connectivity index (χ4n) is 0.975. The van der Waals surface area contributed by atoms with E-state index in [0.29, 0.717) is 0 Å². The fourth-order valence-corrected chi connectivity index (χ4v) is 1.75. The van der Waals surface area contributed by atoms with E-state index in [0.717, 1.165) is 16.1 Å². The van der Waals surface area contributed by atoms with Gasteiger partial charge in [-0.25, -0.2) is 9.97 Å². The van der Waals surface area contributed by atoms with Gasteiger partial charge < -0.3 is 5.32 Å². The lowest BCUT2D eigenvalue weighted by Gasteiger charge is -2.03. The van der Waals surface area contributed by atoms with Gasteiger partial charge in [0.15, 0.2) is 0 Å². The topological polar surface area (TPSA) is 37.8 Å². The number of nitrogens with zero attached hydrogens (tertiary/aromatic N) is 2. The smallest absolute Gasteiger partial charge is 0.222 e. The van der Waals surface area contributed by atoms with Gasteiger partial charge in [0.2, 0.25) is 5.95 Å². The largest absolute Gasteiger partial charge is 0.354 e. The average molecular weight is 323 g/mol. The molecule has 1 aromatic rings. The highest BCUT2D eigenvalue weighted by atomic mass is 127. The van der Waals surface area contributed by atoms with Crippen molar-refractivity contribution in [2.24, 2.45) is 0 Å². The lowest BCUT2D eigenvalue weighted by Crippen LogP contribution is -2.05. The van der Waals surface area contributed by atoms with E-state index in [1.807, 2.05) is 24.2 Å². The summed E-state index contributed by atoms with van der Waals surface area (Å²) in [5.41, 5.74) is 0. The molecule has 0 amide bonds. The number of thioether (sulfide) groups is 1. The van der Waals surface area contributed by atoms with Gasteiger partial charge in [0, 0.05) is 22.5 Å². The Morgan fingerprint density at radius 1 is 1.36 bits per heavy atom. The molecule has 0 aromatic carbocycles. The van der Waals surface area contributed by atoms with Gasteiger partial charge in [-0.3, -0.25) is 0 Å². The van der Waals surface area contributed by atoms with Crippen molar-refractivity contribution in [2.45, 2.75) is 12.8 Å². The van der Waals surface area contributed by atoms with Gasteiger partial charge in [-0.1, -0.05) is 0 Å². The van der Waals surface area contributed by atoms with E-state index < -0.39 is 0 Å². The van der Waals surface area contributed by atoms with Gasteiger partial charge in [0.1, 0.15) is 0 Å². The van der Waals surface area contributed by atoms with E-state index in [9.17, 15) is 0 Å². The van der Waals surface area contributed by atoms with Crippen molar-refractivity contribution in [3.05, 3.63) is 16.0 Å². The van der Waals surface area contributed by atoms with Crippen LogP contribution in [0.5, 0.6) is 0 Å². The molecule has 0 aliphatic carbocycles. The molecule has 1 heterocycles. The lowest BCUT2D eigenvalue weighted by molar-refractivity contribution is 0.834. The molecule has 0 unspecified atom stereocenters. The van der Waals surface area contributed by atoms with Gasteiger partial charge in [0.05, 0.1) is 0 Å². The molecule has 0 aliphatic heterocycles. The molecule has 5 heteroatoms. The molecule has 14 heavy (non-hydrogen) atoms. The zero-order valence-electron chi connectivity index (χ0n) is 8.16. The van der Waals surface area contributed by atoms with Gasteiger partial charge >= 0.3 is 0 Å². The van der Waals surface area contributed by atoms with E-state index in [2.05, 4.69) is 44.1 Å². The summed E-state index contributed by atoms with van der Waals surface area (Å²) in [7, 11) is 0. The molecule has 3 nitrogen and oxygen atoms in total. The molecule has 78 valence electrons. The Labute approximate surface area is 103 Å². The third-order valence-corrected chi connectivity index (χ3v) is 2.93. The maximum Gasteiger partial charge on any atom is 0.222 e. The zero-order valence-corrected chi connectivity index (χ0v) is 11.1. The Bertz CT molecular complexity index is 253. The molecule has 1 rings (SSSR count). The van der Waals surface area contributed by atoms with Crippen molar-refractivity contribution >= 4 is 40.3 Å². The van der Waals surface area contributed by atoms with Crippen LogP contribution in [0.4, 0.5) is 5.95 Å². The number of rotatable bonds is 6. The predicted octanol–water partition coefficient (Wildman–Crippen LogP) is 2.64. The SMILES string of the molecule is CSCCCCNc1ncc(I)cn1. The average Bonchev–Trinajstić information content (AvgIpc) is 2.21. The van der Waals surface area contributed by atoms with Gasteiger partial charge in [-0.15, -0.1) is 0 Å². The van der Waals surface area contributed by atoms with E-state index in [1.165, 1.54) is 18.6 Å². The van der Waals surface area contributed by atoms with Crippen LogP contribution in [0.15, 0.2) is 12.4 Å². The van der Waals surface area contributed by atoms with E-state index in [4.69, 9.17) is 0 Å². The number of halogens is 1. The van der Waals surface area contributed by atoms with Crippen molar-refractivity contribution in [1.29, 1.82) is 0 Å². The summed E-state index contributed by atoms with van der Waals surface area (Å²) in [6, 6.07) is 0. The Morgan fingerprint density at radius 3 is 2.71 bits per heavy atom. The van der Waals surface area contributed by atoms with Crippen LogP contribution in [0.3, 0.4) is 0 Å². The zero-order chi connectivity index (χ0) is 10.2. The predicted molar refractivity (Wildman–Crippen MR) is 70.9 cm³/mol. The summed E-state index contributed by atoms with van der Waals surface area (Å²) >= 11 is 4.09. The highest BCUT2D eigenvalue weighted by Crippen LogP contribution is 2.03. The van der Waals surface area contributed by atoms with Gasteiger partial charge in [0.25, 0.3) is 0 Å². The second-order valence-corrected chi connectivity index (χ2v) is 5.08. The first-order valence-electron chi connectivity index (χ1n) is 4.53. The first-order valence-corrected chi connectivity index (χ1v) is 7.00. The summed E-state index contributed by atoms with van der Waals surface area (Å²) in [5, 5.41) is 3.20. The number of anilines is 1. The highest BCUT2D eigenvalue weighted by molar-refractivity contribution is 14.1. The van der Waals surface area contributed by atoms with Gasteiger partial charge in [-0.05, 0) is 47.4 Å². The van der Waals surface area contributed by atoms with Crippen molar-refractivity contribution in [3.8, 4) is 0 Å². The van der Waals surface area contributed by atoms with Crippen molar-refractivity contribution in [2.75, 3.05) is 23.9 Å². The Hall–Kier alpha value is -0.0400. The maximum atomic E-state index is 4.16. The van der Waals surface area contributed by atoms with Crippen molar-refractivity contribution in [1.82, 2.24) is 9.97 Å². The Morgan fingerprint density at radius 2 is 2.07 bits per heavy atom. The van der Waals surface area contributed by atoms with Crippen LogP contribution >= 0.6 is 34.4 Å². The van der Waals surface area contributed by atoms with Crippen molar-refractivity contribution < 1.29 is 0 Å². The molecule has 0 atom stereocenters. The Kier molecular flexibility index (Phi) is 6.25. The lowest BCUT2D eigenvalue weighted by atomic mass is 10.3. The van der Waals surface area contributed by atoms with E-state index in [-0.39, 0.29) is 0 Å². The van der Waals surface area contributed by atoms with Crippen LogP contribution < -0.4 is 5.32 Å². The highest BCUT2D eigenvalue weighted by Gasteiger charge is 1.94. The summed E-state index contributed by atoms with van der Waals surface area (Å²) in [5.74, 6) is 1.96. The minimum Gasteiger partial charge on any atom is -0.354 e. The molecule has 0 aliphatic rings. The van der Waals surface area contributed by atoms with Crippen LogP contribution in [-0.2, 0) is 0 Å². The molecular formula is C9H14IN3S. The molecule has 0 saturated carbocycles. The molecule has 0 spiro atoms. The Balaban J connectivity index is 2.15. The van der Waals surface area contributed by atoms with Crippen LogP contribution in [0.1, 0.15) is 12.8 Å². The molecule has 1 N–H and O–H groups in total.